The molecule has 0 radical (unpaired) electrons. The molecular formula is C25H28Cl2F3N3O4. The van der Waals surface area contributed by atoms with E-state index in [1.54, 1.807) is 26.8 Å². The number of alkyl halides is 3. The van der Waals surface area contributed by atoms with E-state index in [-0.39, 0.29) is 47.8 Å². The van der Waals surface area contributed by atoms with Crippen LogP contribution in [0.25, 0.3) is 0 Å². The van der Waals surface area contributed by atoms with Gasteiger partial charge in [-0.1, -0.05) is 50.0 Å². The summed E-state index contributed by atoms with van der Waals surface area (Å²) in [6.45, 7) is 4.80. The molecule has 0 atom stereocenters. The first-order valence-corrected chi connectivity index (χ1v) is 12.5. The molecule has 37 heavy (non-hydrogen) atoms. The Morgan fingerprint density at radius 2 is 1.65 bits per heavy atom. The van der Waals surface area contributed by atoms with Gasteiger partial charge in [-0.2, -0.15) is 18.3 Å². The quantitative estimate of drug-likeness (QED) is 0.395. The van der Waals surface area contributed by atoms with Crippen LogP contribution in [0.15, 0.2) is 24.4 Å². The van der Waals surface area contributed by atoms with Crippen LogP contribution in [0.3, 0.4) is 0 Å². The maximum Gasteiger partial charge on any atom is 0.433 e. The summed E-state index contributed by atoms with van der Waals surface area (Å²) < 4.78 is 43.6. The zero-order valence-corrected chi connectivity index (χ0v) is 22.1. The molecule has 0 spiro atoms. The summed E-state index contributed by atoms with van der Waals surface area (Å²) in [5.74, 6) is -3.20. The third-order valence-corrected chi connectivity index (χ3v) is 6.84. The van der Waals surface area contributed by atoms with Gasteiger partial charge in [0.2, 0.25) is 0 Å². The Kier molecular flexibility index (Phi) is 8.64. The van der Waals surface area contributed by atoms with E-state index in [1.165, 1.54) is 12.1 Å². The number of hydrogen-bond donors (Lipinski definition) is 1. The number of carboxylic acids is 1. The molecule has 0 aliphatic heterocycles. The first-order chi connectivity index (χ1) is 17.1. The van der Waals surface area contributed by atoms with Crippen molar-refractivity contribution in [1.82, 2.24) is 14.7 Å². The van der Waals surface area contributed by atoms with Gasteiger partial charge in [0, 0.05) is 6.54 Å². The number of halogens is 5. The van der Waals surface area contributed by atoms with Gasteiger partial charge >= 0.3 is 12.1 Å². The fourth-order valence-electron chi connectivity index (χ4n) is 4.60. The highest BCUT2D eigenvalue weighted by molar-refractivity contribution is 6.40. The van der Waals surface area contributed by atoms with Gasteiger partial charge in [-0.15, -0.1) is 0 Å². The largest absolute Gasteiger partial charge is 0.481 e. The van der Waals surface area contributed by atoms with Gasteiger partial charge in [-0.3, -0.25) is 19.1 Å². The van der Waals surface area contributed by atoms with Crippen LogP contribution in [0.2, 0.25) is 10.0 Å². The Morgan fingerprint density at radius 3 is 2.14 bits per heavy atom. The van der Waals surface area contributed by atoms with E-state index >= 15 is 0 Å². The number of carbonyl (C=O) groups excluding carboxylic acids is 2. The zero-order chi connectivity index (χ0) is 27.7. The molecule has 1 N–H and O–H groups in total. The molecule has 3 rings (SSSR count). The number of aromatic nitrogens is 2. The minimum atomic E-state index is -4.91. The molecule has 12 heteroatoms. The first-order valence-electron chi connectivity index (χ1n) is 11.7. The lowest BCUT2D eigenvalue weighted by Gasteiger charge is -2.30. The number of hydrogen-bond acceptors (Lipinski definition) is 4. The lowest BCUT2D eigenvalue weighted by molar-refractivity contribution is -0.147. The number of aliphatic carboxylic acids is 1. The summed E-state index contributed by atoms with van der Waals surface area (Å²) in [5.41, 5.74) is -2.45. The third-order valence-electron chi connectivity index (χ3n) is 6.21. The number of Topliss-reactive ketones (excluding diaryl/α,β-unsaturated/α-hetero) is 1. The van der Waals surface area contributed by atoms with Crippen molar-refractivity contribution in [2.24, 2.45) is 11.3 Å². The SMILES string of the molecule is CC(C)(C)CN(CC(=O)c1c(Cl)cccc1Cl)C(=O)c1cnn([C@H]2CC[C@@H](C(=O)O)CC2)c1C(F)(F)F. The Balaban J connectivity index is 1.97. The van der Waals surface area contributed by atoms with Crippen LogP contribution in [-0.4, -0.2) is 50.5 Å². The molecule has 1 fully saturated rings. The summed E-state index contributed by atoms with van der Waals surface area (Å²) in [7, 11) is 0. The topological polar surface area (TPSA) is 92.5 Å². The smallest absolute Gasteiger partial charge is 0.433 e. The number of nitrogens with zero attached hydrogens (tertiary/aromatic N) is 3. The van der Waals surface area contributed by atoms with Crippen LogP contribution in [0.4, 0.5) is 13.2 Å². The van der Waals surface area contributed by atoms with Crippen molar-refractivity contribution >= 4 is 40.9 Å². The summed E-state index contributed by atoms with van der Waals surface area (Å²) >= 11 is 12.3. The molecule has 1 aliphatic rings. The van der Waals surface area contributed by atoms with E-state index in [9.17, 15) is 32.7 Å². The number of rotatable bonds is 7. The number of carbonyl (C=O) groups is 3. The van der Waals surface area contributed by atoms with Crippen molar-refractivity contribution in [2.45, 2.75) is 58.7 Å². The molecule has 1 aliphatic carbocycles. The van der Waals surface area contributed by atoms with Gasteiger partial charge < -0.3 is 10.0 Å². The van der Waals surface area contributed by atoms with Crippen molar-refractivity contribution < 1.29 is 32.7 Å². The molecule has 1 amide bonds. The molecule has 202 valence electrons. The second kappa shape index (κ2) is 11.0. The average Bonchev–Trinajstić information content (AvgIpc) is 3.23. The summed E-state index contributed by atoms with van der Waals surface area (Å²) in [6.07, 6.45) is -3.24. The molecule has 0 bridgehead atoms. The van der Waals surface area contributed by atoms with Crippen molar-refractivity contribution in [3.8, 4) is 0 Å². The van der Waals surface area contributed by atoms with Gasteiger partial charge in [0.15, 0.2) is 11.5 Å². The Bertz CT molecular complexity index is 1160. The Labute approximate surface area is 222 Å². The maximum absolute atomic E-state index is 14.3. The van der Waals surface area contributed by atoms with Crippen LogP contribution in [-0.2, 0) is 11.0 Å². The van der Waals surface area contributed by atoms with Gasteiger partial charge in [-0.25, -0.2) is 0 Å². The molecule has 1 heterocycles. The second-order valence-corrected chi connectivity index (χ2v) is 11.2. The fraction of sp³-hybridized carbons (Fsp3) is 0.520. The Hall–Kier alpha value is -2.59. The predicted octanol–water partition coefficient (Wildman–Crippen LogP) is 6.40. The van der Waals surface area contributed by atoms with Crippen LogP contribution in [0.1, 0.15) is 78.9 Å². The van der Waals surface area contributed by atoms with E-state index in [2.05, 4.69) is 5.10 Å². The minimum absolute atomic E-state index is 0.0144. The minimum Gasteiger partial charge on any atom is -0.481 e. The number of benzene rings is 1. The molecule has 1 aromatic heterocycles. The highest BCUT2D eigenvalue weighted by Crippen LogP contribution is 2.39. The highest BCUT2D eigenvalue weighted by atomic mass is 35.5. The van der Waals surface area contributed by atoms with Crippen molar-refractivity contribution in [3.63, 3.8) is 0 Å². The van der Waals surface area contributed by atoms with Crippen LogP contribution in [0.5, 0.6) is 0 Å². The number of ketones is 1. The van der Waals surface area contributed by atoms with E-state index in [0.29, 0.717) is 0 Å². The van der Waals surface area contributed by atoms with E-state index in [4.69, 9.17) is 23.2 Å². The molecule has 0 saturated heterocycles. The van der Waals surface area contributed by atoms with Gasteiger partial charge in [-0.05, 0) is 43.2 Å². The first kappa shape index (κ1) is 29.0. The summed E-state index contributed by atoms with van der Waals surface area (Å²) in [4.78, 5) is 38.9. The van der Waals surface area contributed by atoms with Gasteiger partial charge in [0.1, 0.15) is 0 Å². The lowest BCUT2D eigenvalue weighted by Crippen LogP contribution is -2.42. The van der Waals surface area contributed by atoms with Crippen molar-refractivity contribution in [2.75, 3.05) is 13.1 Å². The predicted molar refractivity (Wildman–Crippen MR) is 132 cm³/mol. The number of amides is 1. The fourth-order valence-corrected chi connectivity index (χ4v) is 5.21. The second-order valence-electron chi connectivity index (χ2n) is 10.4. The molecule has 1 aromatic carbocycles. The van der Waals surface area contributed by atoms with E-state index < -0.39 is 59.0 Å². The van der Waals surface area contributed by atoms with Crippen molar-refractivity contribution in [1.29, 1.82) is 0 Å². The maximum atomic E-state index is 14.3. The molecule has 2 aromatic rings. The lowest BCUT2D eigenvalue weighted by atomic mass is 9.86. The van der Waals surface area contributed by atoms with Gasteiger partial charge in [0.05, 0.1) is 45.9 Å². The van der Waals surface area contributed by atoms with Gasteiger partial charge in [0.25, 0.3) is 5.91 Å². The molecule has 0 unspecified atom stereocenters. The molecule has 7 nitrogen and oxygen atoms in total. The van der Waals surface area contributed by atoms with E-state index in [1.807, 2.05) is 0 Å². The standard InChI is InChI=1S/C25H28Cl2F3N3O4/c1-24(2,3)13-32(12-19(34)20-17(26)5-4-6-18(20)27)22(35)16-11-31-33(21(16)25(28,29)30)15-9-7-14(8-10-15)23(36)37/h4-6,11,14-15H,7-10,12-13H2,1-3H3,(H,36,37)/t14-,15+. The molecular weight excluding hydrogens is 534 g/mol. The molecule has 1 saturated carbocycles. The van der Waals surface area contributed by atoms with Crippen LogP contribution >= 0.6 is 23.2 Å². The Morgan fingerprint density at radius 1 is 1.08 bits per heavy atom. The normalized spacial score (nSPS) is 18.5. The highest BCUT2D eigenvalue weighted by Gasteiger charge is 2.43. The number of carboxylic acid groups (broad SMARTS) is 1. The average molecular weight is 562 g/mol. The van der Waals surface area contributed by atoms with Crippen molar-refractivity contribution in [3.05, 3.63) is 51.3 Å². The van der Waals surface area contributed by atoms with Crippen LogP contribution < -0.4 is 0 Å². The summed E-state index contributed by atoms with van der Waals surface area (Å²) in [5, 5.41) is 13.3. The summed E-state index contributed by atoms with van der Waals surface area (Å²) in [6, 6.07) is 3.77. The zero-order valence-electron chi connectivity index (χ0n) is 20.6. The third kappa shape index (κ3) is 6.84. The monoisotopic (exact) mass is 561 g/mol. The van der Waals surface area contributed by atoms with Crippen LogP contribution in [0, 0.1) is 11.3 Å². The van der Waals surface area contributed by atoms with E-state index in [0.717, 1.165) is 15.8 Å².